The first kappa shape index (κ1) is 21.1. The SMILES string of the molecule is C[C@H]1CN(C(=O)c2cc(-c3ccccc3)nn2C)Cc2cnc([C@@](C)(O)C(F)(F)F)n21. The number of halogens is 3. The molecule has 0 saturated heterocycles. The van der Waals surface area contributed by atoms with Gasteiger partial charge in [-0.1, -0.05) is 30.3 Å². The highest BCUT2D eigenvalue weighted by Gasteiger charge is 2.55. The number of benzene rings is 1. The lowest BCUT2D eigenvalue weighted by molar-refractivity contribution is -0.263. The average Bonchev–Trinajstić information content (AvgIpc) is 3.31. The molecular weight excluding hydrogens is 411 g/mol. The molecule has 3 heterocycles. The van der Waals surface area contributed by atoms with Crippen molar-refractivity contribution in [1.82, 2.24) is 24.2 Å². The van der Waals surface area contributed by atoms with Gasteiger partial charge in [-0.05, 0) is 19.9 Å². The first-order valence-electron chi connectivity index (χ1n) is 9.75. The fraction of sp³-hybridized carbons (Fsp3) is 0.381. The minimum absolute atomic E-state index is 0.0793. The van der Waals surface area contributed by atoms with E-state index >= 15 is 0 Å². The van der Waals surface area contributed by atoms with Gasteiger partial charge in [0.1, 0.15) is 5.69 Å². The van der Waals surface area contributed by atoms with Gasteiger partial charge in [0.25, 0.3) is 5.91 Å². The van der Waals surface area contributed by atoms with Crippen molar-refractivity contribution in [2.45, 2.75) is 38.2 Å². The summed E-state index contributed by atoms with van der Waals surface area (Å²) < 4.78 is 42.9. The molecule has 0 fully saturated rings. The highest BCUT2D eigenvalue weighted by Crippen LogP contribution is 2.40. The van der Waals surface area contributed by atoms with Gasteiger partial charge in [0.15, 0.2) is 5.82 Å². The van der Waals surface area contributed by atoms with E-state index in [1.165, 1.54) is 15.4 Å². The first-order valence-corrected chi connectivity index (χ1v) is 9.75. The quantitative estimate of drug-likeness (QED) is 0.688. The standard InChI is InChI=1S/C21H22F3N5O2/c1-13-11-28(12-15-10-25-19(29(13)15)20(2,31)21(22,23)24)18(30)17-9-16(26-27(17)3)14-7-5-4-6-8-14/h4-10,13,31H,11-12H2,1-3H3/t13-,20+/m0/s1. The fourth-order valence-electron chi connectivity index (χ4n) is 3.89. The summed E-state index contributed by atoms with van der Waals surface area (Å²) in [4.78, 5) is 18.6. The molecule has 0 unspecified atom stereocenters. The number of aryl methyl sites for hydroxylation is 1. The third-order valence-electron chi connectivity index (χ3n) is 5.59. The molecule has 0 saturated carbocycles. The Kier molecular flexibility index (Phi) is 4.92. The lowest BCUT2D eigenvalue weighted by Gasteiger charge is -2.36. The van der Waals surface area contributed by atoms with Crippen LogP contribution < -0.4 is 0 Å². The van der Waals surface area contributed by atoms with Crippen molar-refractivity contribution >= 4 is 5.91 Å². The van der Waals surface area contributed by atoms with Crippen LogP contribution in [0.15, 0.2) is 42.6 Å². The lowest BCUT2D eigenvalue weighted by atomic mass is 10.0. The second-order valence-electron chi connectivity index (χ2n) is 7.95. The summed E-state index contributed by atoms with van der Waals surface area (Å²) in [7, 11) is 1.68. The maximum atomic E-state index is 13.3. The predicted octanol–water partition coefficient (Wildman–Crippen LogP) is 3.27. The third-order valence-corrected chi connectivity index (χ3v) is 5.59. The minimum Gasteiger partial charge on any atom is -0.374 e. The summed E-state index contributed by atoms with van der Waals surface area (Å²) in [5, 5.41) is 14.5. The van der Waals surface area contributed by atoms with Crippen LogP contribution in [-0.4, -0.2) is 48.0 Å². The zero-order valence-corrected chi connectivity index (χ0v) is 17.3. The van der Waals surface area contributed by atoms with Crippen molar-refractivity contribution in [2.75, 3.05) is 6.54 Å². The van der Waals surface area contributed by atoms with Crippen molar-refractivity contribution in [3.63, 3.8) is 0 Å². The number of nitrogens with zero attached hydrogens (tertiary/aromatic N) is 5. The number of aliphatic hydroxyl groups is 1. The van der Waals surface area contributed by atoms with Crippen LogP contribution in [0, 0.1) is 0 Å². The van der Waals surface area contributed by atoms with E-state index in [1.54, 1.807) is 24.9 Å². The van der Waals surface area contributed by atoms with Gasteiger partial charge in [-0.3, -0.25) is 9.48 Å². The van der Waals surface area contributed by atoms with Crippen molar-refractivity contribution in [3.05, 3.63) is 59.8 Å². The number of amides is 1. The average molecular weight is 433 g/mol. The Labute approximate surface area is 176 Å². The van der Waals surface area contributed by atoms with Crippen molar-refractivity contribution in [1.29, 1.82) is 0 Å². The molecule has 0 spiro atoms. The summed E-state index contributed by atoms with van der Waals surface area (Å²) in [5.41, 5.74) is -0.747. The topological polar surface area (TPSA) is 76.2 Å². The van der Waals surface area contributed by atoms with E-state index in [0.717, 1.165) is 5.56 Å². The number of hydrogen-bond acceptors (Lipinski definition) is 4. The molecule has 4 rings (SSSR count). The van der Waals surface area contributed by atoms with E-state index in [1.807, 2.05) is 30.3 Å². The molecule has 2 atom stereocenters. The fourth-order valence-corrected chi connectivity index (χ4v) is 3.89. The molecule has 2 aromatic heterocycles. The molecule has 1 aromatic carbocycles. The van der Waals surface area contributed by atoms with Crippen molar-refractivity contribution in [3.8, 4) is 11.3 Å². The molecule has 10 heteroatoms. The second-order valence-corrected chi connectivity index (χ2v) is 7.95. The van der Waals surface area contributed by atoms with Crippen LogP contribution >= 0.6 is 0 Å². The highest BCUT2D eigenvalue weighted by atomic mass is 19.4. The van der Waals surface area contributed by atoms with Crippen LogP contribution in [0.4, 0.5) is 13.2 Å². The van der Waals surface area contributed by atoms with E-state index in [4.69, 9.17) is 0 Å². The smallest absolute Gasteiger partial charge is 0.374 e. The maximum absolute atomic E-state index is 13.3. The van der Waals surface area contributed by atoms with E-state index in [0.29, 0.717) is 24.0 Å². The Hall–Kier alpha value is -3.14. The van der Waals surface area contributed by atoms with Crippen LogP contribution in [-0.2, 0) is 19.2 Å². The first-order chi connectivity index (χ1) is 14.5. The molecule has 1 amide bonds. The van der Waals surface area contributed by atoms with Crippen LogP contribution in [0.25, 0.3) is 11.3 Å². The third kappa shape index (κ3) is 3.50. The zero-order valence-electron chi connectivity index (χ0n) is 17.3. The second kappa shape index (κ2) is 7.23. The molecule has 0 radical (unpaired) electrons. The van der Waals surface area contributed by atoms with Crippen LogP contribution in [0.3, 0.4) is 0 Å². The summed E-state index contributed by atoms with van der Waals surface area (Å²) in [6.07, 6.45) is -3.59. The van der Waals surface area contributed by atoms with Crippen LogP contribution in [0.2, 0.25) is 0 Å². The molecular formula is C21H22F3N5O2. The molecule has 0 bridgehead atoms. The molecule has 1 N–H and O–H groups in total. The van der Waals surface area contributed by atoms with Crippen molar-refractivity contribution < 1.29 is 23.1 Å². The Bertz CT molecular complexity index is 1120. The molecule has 3 aromatic rings. The van der Waals surface area contributed by atoms with Gasteiger partial charge < -0.3 is 14.6 Å². The number of fused-ring (bicyclic) bond motifs is 1. The van der Waals surface area contributed by atoms with Gasteiger partial charge in [-0.25, -0.2) is 4.98 Å². The summed E-state index contributed by atoms with van der Waals surface area (Å²) in [6, 6.07) is 10.6. The molecule has 1 aliphatic rings. The van der Waals surface area contributed by atoms with Gasteiger partial charge in [0, 0.05) is 19.2 Å². The summed E-state index contributed by atoms with van der Waals surface area (Å²) in [5.74, 6) is -0.748. The Morgan fingerprint density at radius 2 is 1.90 bits per heavy atom. The minimum atomic E-state index is -4.87. The van der Waals surface area contributed by atoms with Gasteiger partial charge >= 0.3 is 6.18 Å². The Morgan fingerprint density at radius 3 is 2.55 bits per heavy atom. The van der Waals surface area contributed by atoms with Crippen LogP contribution in [0.5, 0.6) is 0 Å². The lowest BCUT2D eigenvalue weighted by Crippen LogP contribution is -2.45. The normalized spacial score (nSPS) is 18.5. The van der Waals surface area contributed by atoms with Crippen molar-refractivity contribution in [2.24, 2.45) is 7.05 Å². The summed E-state index contributed by atoms with van der Waals surface area (Å²) in [6.45, 7) is 2.64. The number of imidazole rings is 1. The Balaban J connectivity index is 1.62. The molecule has 1 aliphatic heterocycles. The molecule has 0 aliphatic carbocycles. The van der Waals surface area contributed by atoms with E-state index in [2.05, 4.69) is 10.1 Å². The number of carbonyl (C=O) groups excluding carboxylic acids is 1. The highest BCUT2D eigenvalue weighted by molar-refractivity contribution is 5.93. The number of carbonyl (C=O) groups is 1. The maximum Gasteiger partial charge on any atom is 0.424 e. The predicted molar refractivity (Wildman–Crippen MR) is 106 cm³/mol. The monoisotopic (exact) mass is 433 g/mol. The van der Waals surface area contributed by atoms with Gasteiger partial charge in [-0.15, -0.1) is 0 Å². The van der Waals surface area contributed by atoms with Gasteiger partial charge in [0.05, 0.1) is 30.2 Å². The summed E-state index contributed by atoms with van der Waals surface area (Å²) >= 11 is 0. The largest absolute Gasteiger partial charge is 0.424 e. The number of hydrogen-bond donors (Lipinski definition) is 1. The molecule has 7 nitrogen and oxygen atoms in total. The number of rotatable bonds is 3. The van der Waals surface area contributed by atoms with Gasteiger partial charge in [-0.2, -0.15) is 18.3 Å². The van der Waals surface area contributed by atoms with E-state index in [-0.39, 0.29) is 19.0 Å². The molecule has 164 valence electrons. The van der Waals surface area contributed by atoms with Gasteiger partial charge in [0.2, 0.25) is 5.60 Å². The van der Waals surface area contributed by atoms with Crippen LogP contribution in [0.1, 0.15) is 41.9 Å². The van der Waals surface area contributed by atoms with E-state index in [9.17, 15) is 23.1 Å². The number of alkyl halides is 3. The Morgan fingerprint density at radius 1 is 1.23 bits per heavy atom. The molecule has 31 heavy (non-hydrogen) atoms. The van der Waals surface area contributed by atoms with E-state index < -0.39 is 23.6 Å². The zero-order chi connectivity index (χ0) is 22.6. The number of aromatic nitrogens is 4.